The molecular formula is C27H26ClF3N6. The molecular weight excluding hydrogens is 501 g/mol. The zero-order valence-electron chi connectivity index (χ0n) is 20.1. The van der Waals surface area contributed by atoms with E-state index in [2.05, 4.69) is 24.3 Å². The van der Waals surface area contributed by atoms with Gasteiger partial charge in [-0.15, -0.1) is 0 Å². The van der Waals surface area contributed by atoms with E-state index in [4.69, 9.17) is 16.6 Å². The highest BCUT2D eigenvalue weighted by atomic mass is 35.5. The topological polar surface area (TPSA) is 50.1 Å². The molecule has 6 rings (SSSR count). The molecule has 1 aliphatic carbocycles. The molecule has 10 heteroatoms. The number of benzene rings is 2. The number of hydrogen-bond donors (Lipinski definition) is 0. The number of alkyl halides is 3. The standard InChI is InChI=1S/C27H26ClF3N6/c28-20-9-5-18(6-10-20)24-34-23-25(32-17-33-26(23)37(24)22-3-1-2-4-22)36-15-13-35(14-16-36)21-11-7-19(8-12-21)27(29,30)31/h5-12,17,22H,1-4,13-16H2. The Hall–Kier alpha value is -3.33. The van der Waals surface area contributed by atoms with Crippen molar-refractivity contribution in [2.24, 2.45) is 0 Å². The van der Waals surface area contributed by atoms with Gasteiger partial charge in [0.05, 0.1) is 5.56 Å². The zero-order valence-corrected chi connectivity index (χ0v) is 20.9. The van der Waals surface area contributed by atoms with Crippen LogP contribution in [0.25, 0.3) is 22.6 Å². The highest BCUT2D eigenvalue weighted by Crippen LogP contribution is 2.38. The van der Waals surface area contributed by atoms with Crippen LogP contribution in [0.5, 0.6) is 0 Å². The van der Waals surface area contributed by atoms with Crippen LogP contribution in [0, 0.1) is 0 Å². The lowest BCUT2D eigenvalue weighted by molar-refractivity contribution is -0.137. The van der Waals surface area contributed by atoms with Gasteiger partial charge in [-0.2, -0.15) is 13.2 Å². The van der Waals surface area contributed by atoms with Gasteiger partial charge in [-0.3, -0.25) is 0 Å². The van der Waals surface area contributed by atoms with Crippen LogP contribution in [0.4, 0.5) is 24.7 Å². The van der Waals surface area contributed by atoms with Crippen molar-refractivity contribution in [3.8, 4) is 11.4 Å². The minimum Gasteiger partial charge on any atom is -0.368 e. The Morgan fingerprint density at radius 3 is 2.11 bits per heavy atom. The molecule has 6 nitrogen and oxygen atoms in total. The number of nitrogens with zero attached hydrogens (tertiary/aromatic N) is 6. The Morgan fingerprint density at radius 1 is 0.811 bits per heavy atom. The first kappa shape index (κ1) is 24.0. The largest absolute Gasteiger partial charge is 0.416 e. The van der Waals surface area contributed by atoms with Crippen molar-refractivity contribution in [3.05, 3.63) is 65.4 Å². The van der Waals surface area contributed by atoms with Crippen LogP contribution >= 0.6 is 11.6 Å². The number of imidazole rings is 1. The van der Waals surface area contributed by atoms with Crippen molar-refractivity contribution in [2.45, 2.75) is 37.9 Å². The summed E-state index contributed by atoms with van der Waals surface area (Å²) < 4.78 is 41.1. The fraction of sp³-hybridized carbons (Fsp3) is 0.370. The summed E-state index contributed by atoms with van der Waals surface area (Å²) in [7, 11) is 0. The molecule has 1 aliphatic heterocycles. The molecule has 4 aromatic rings. The van der Waals surface area contributed by atoms with Gasteiger partial charge < -0.3 is 14.4 Å². The van der Waals surface area contributed by atoms with Crippen LogP contribution in [-0.2, 0) is 6.18 Å². The summed E-state index contributed by atoms with van der Waals surface area (Å²) in [4.78, 5) is 18.7. The third-order valence-corrected chi connectivity index (χ3v) is 7.64. The highest BCUT2D eigenvalue weighted by Gasteiger charge is 2.31. The SMILES string of the molecule is FC(F)(F)c1ccc(N2CCN(c3ncnc4c3nc(-c3ccc(Cl)cc3)n4C3CCCC3)CC2)cc1. The number of fused-ring (bicyclic) bond motifs is 1. The monoisotopic (exact) mass is 526 g/mol. The van der Waals surface area contributed by atoms with Gasteiger partial charge in [0.2, 0.25) is 0 Å². The van der Waals surface area contributed by atoms with Crippen LogP contribution in [-0.4, -0.2) is 45.7 Å². The van der Waals surface area contributed by atoms with Gasteiger partial charge in [0.15, 0.2) is 17.0 Å². The molecule has 2 fully saturated rings. The van der Waals surface area contributed by atoms with E-state index in [0.29, 0.717) is 37.2 Å². The maximum Gasteiger partial charge on any atom is 0.416 e. The maximum absolute atomic E-state index is 12.9. The van der Waals surface area contributed by atoms with Gasteiger partial charge in [0.25, 0.3) is 0 Å². The number of piperazine rings is 1. The average Bonchev–Trinajstić information content (AvgIpc) is 3.57. The first-order valence-corrected chi connectivity index (χ1v) is 12.9. The fourth-order valence-corrected chi connectivity index (χ4v) is 5.60. The predicted molar refractivity (Wildman–Crippen MR) is 139 cm³/mol. The summed E-state index contributed by atoms with van der Waals surface area (Å²) in [6.07, 6.45) is 1.85. The normalized spacial score (nSPS) is 17.2. The number of anilines is 2. The van der Waals surface area contributed by atoms with Crippen molar-refractivity contribution in [1.29, 1.82) is 0 Å². The molecule has 0 bridgehead atoms. The van der Waals surface area contributed by atoms with Crippen LogP contribution in [0.2, 0.25) is 5.02 Å². The van der Waals surface area contributed by atoms with E-state index in [-0.39, 0.29) is 0 Å². The first-order valence-electron chi connectivity index (χ1n) is 12.5. The molecule has 3 heterocycles. The Morgan fingerprint density at radius 2 is 1.46 bits per heavy atom. The Bertz CT molecular complexity index is 1390. The average molecular weight is 527 g/mol. The lowest BCUT2D eigenvalue weighted by Gasteiger charge is -2.36. The first-order chi connectivity index (χ1) is 17.9. The van der Waals surface area contributed by atoms with Crippen LogP contribution in [0.3, 0.4) is 0 Å². The van der Waals surface area contributed by atoms with E-state index in [1.54, 1.807) is 18.5 Å². The second-order valence-electron chi connectivity index (χ2n) is 9.64. The van der Waals surface area contributed by atoms with E-state index in [0.717, 1.165) is 59.0 Å². The van der Waals surface area contributed by atoms with E-state index in [1.807, 2.05) is 24.3 Å². The van der Waals surface area contributed by atoms with Gasteiger partial charge in [-0.25, -0.2) is 15.0 Å². The zero-order chi connectivity index (χ0) is 25.6. The predicted octanol–water partition coefficient (Wildman–Crippen LogP) is 6.61. The van der Waals surface area contributed by atoms with E-state index < -0.39 is 11.7 Å². The summed E-state index contributed by atoms with van der Waals surface area (Å²) in [5.41, 5.74) is 2.77. The molecule has 1 saturated heterocycles. The summed E-state index contributed by atoms with van der Waals surface area (Å²) >= 11 is 6.15. The van der Waals surface area contributed by atoms with Gasteiger partial charge in [0, 0.05) is 48.5 Å². The second-order valence-corrected chi connectivity index (χ2v) is 10.1. The number of rotatable bonds is 4. The molecule has 37 heavy (non-hydrogen) atoms. The third kappa shape index (κ3) is 4.61. The molecule has 0 N–H and O–H groups in total. The molecule has 192 valence electrons. The molecule has 2 aromatic carbocycles. The van der Waals surface area contributed by atoms with Crippen LogP contribution < -0.4 is 9.80 Å². The number of hydrogen-bond acceptors (Lipinski definition) is 5. The smallest absolute Gasteiger partial charge is 0.368 e. The Balaban J connectivity index is 1.30. The van der Waals surface area contributed by atoms with Gasteiger partial charge >= 0.3 is 6.18 Å². The van der Waals surface area contributed by atoms with E-state index in [9.17, 15) is 13.2 Å². The molecule has 0 amide bonds. The summed E-state index contributed by atoms with van der Waals surface area (Å²) in [5.74, 6) is 1.67. The van der Waals surface area contributed by atoms with Crippen molar-refractivity contribution < 1.29 is 13.2 Å². The molecule has 0 radical (unpaired) electrons. The van der Waals surface area contributed by atoms with E-state index in [1.165, 1.54) is 12.8 Å². The minimum atomic E-state index is -4.33. The minimum absolute atomic E-state index is 0.343. The lowest BCUT2D eigenvalue weighted by atomic mass is 10.1. The van der Waals surface area contributed by atoms with Crippen molar-refractivity contribution >= 4 is 34.3 Å². The summed E-state index contributed by atoms with van der Waals surface area (Å²) in [5, 5.41) is 0.679. The lowest BCUT2D eigenvalue weighted by Crippen LogP contribution is -2.47. The Labute approximate surface area is 217 Å². The molecule has 2 aliphatic rings. The highest BCUT2D eigenvalue weighted by molar-refractivity contribution is 6.30. The van der Waals surface area contributed by atoms with E-state index >= 15 is 0 Å². The molecule has 0 spiro atoms. The third-order valence-electron chi connectivity index (χ3n) is 7.39. The van der Waals surface area contributed by atoms with Gasteiger partial charge in [-0.05, 0) is 61.4 Å². The van der Waals surface area contributed by atoms with Gasteiger partial charge in [-0.1, -0.05) is 24.4 Å². The van der Waals surface area contributed by atoms with Crippen molar-refractivity contribution in [2.75, 3.05) is 36.0 Å². The molecule has 0 unspecified atom stereocenters. The summed E-state index contributed by atoms with van der Waals surface area (Å²) in [6, 6.07) is 13.5. The van der Waals surface area contributed by atoms with Crippen LogP contribution in [0.15, 0.2) is 54.9 Å². The second kappa shape index (κ2) is 9.52. The van der Waals surface area contributed by atoms with Crippen molar-refractivity contribution in [1.82, 2.24) is 19.5 Å². The quantitative estimate of drug-likeness (QED) is 0.299. The number of halogens is 4. The van der Waals surface area contributed by atoms with Crippen molar-refractivity contribution in [3.63, 3.8) is 0 Å². The molecule has 0 atom stereocenters. The molecule has 1 saturated carbocycles. The Kier molecular flexibility index (Phi) is 6.18. The molecule has 2 aromatic heterocycles. The number of aromatic nitrogens is 4. The fourth-order valence-electron chi connectivity index (χ4n) is 5.48. The summed E-state index contributed by atoms with van der Waals surface area (Å²) in [6.45, 7) is 2.70. The maximum atomic E-state index is 12.9. The van der Waals surface area contributed by atoms with Crippen LogP contribution in [0.1, 0.15) is 37.3 Å². The van der Waals surface area contributed by atoms with Gasteiger partial charge in [0.1, 0.15) is 12.2 Å².